The molecule has 4 rings (SSSR count). The molecule has 0 radical (unpaired) electrons. The van der Waals surface area contributed by atoms with Crippen molar-refractivity contribution in [2.24, 2.45) is 0 Å². The molecule has 0 aliphatic carbocycles. The summed E-state index contributed by atoms with van der Waals surface area (Å²) in [6, 6.07) is 8.53. The Kier molecular flexibility index (Phi) is 6.40. The number of piperazine rings is 1. The van der Waals surface area contributed by atoms with Crippen LogP contribution in [0.5, 0.6) is 0 Å². The van der Waals surface area contributed by atoms with Crippen LogP contribution in [0.1, 0.15) is 12.8 Å². The van der Waals surface area contributed by atoms with E-state index in [4.69, 9.17) is 11.6 Å². The zero-order valence-electron chi connectivity index (χ0n) is 16.1. The van der Waals surface area contributed by atoms with Crippen LogP contribution in [-0.4, -0.2) is 65.8 Å². The smallest absolute Gasteiger partial charge is 0.233 e. The number of carbonyl (C=O) groups is 1. The van der Waals surface area contributed by atoms with Crippen LogP contribution < -0.4 is 9.80 Å². The van der Waals surface area contributed by atoms with E-state index in [0.717, 1.165) is 31.7 Å². The number of hydrogen-bond acceptors (Lipinski definition) is 6. The van der Waals surface area contributed by atoms with Gasteiger partial charge in [-0.05, 0) is 25.0 Å². The van der Waals surface area contributed by atoms with E-state index in [0.29, 0.717) is 42.2 Å². The lowest BCUT2D eigenvalue weighted by molar-refractivity contribution is -0.128. The number of hydrogen-bond donors (Lipinski definition) is 0. The fraction of sp³-hybridized carbons (Fsp3) is 0.450. The second-order valence-corrected chi connectivity index (χ2v) is 8.46. The van der Waals surface area contributed by atoms with Gasteiger partial charge in [-0.1, -0.05) is 35.5 Å². The minimum Gasteiger partial charge on any atom is -0.366 e. The van der Waals surface area contributed by atoms with Crippen molar-refractivity contribution in [3.8, 4) is 0 Å². The third-order valence-electron chi connectivity index (χ3n) is 5.24. The number of halogens is 2. The Morgan fingerprint density at radius 3 is 2.48 bits per heavy atom. The van der Waals surface area contributed by atoms with Crippen molar-refractivity contribution in [3.05, 3.63) is 41.3 Å². The Balaban J connectivity index is 1.31. The van der Waals surface area contributed by atoms with Gasteiger partial charge in [0.25, 0.3) is 0 Å². The molecule has 2 saturated heterocycles. The zero-order valence-corrected chi connectivity index (χ0v) is 17.6. The van der Waals surface area contributed by atoms with Gasteiger partial charge in [0.1, 0.15) is 16.8 Å². The maximum absolute atomic E-state index is 14.0. The third-order valence-corrected chi connectivity index (χ3v) is 6.27. The molecular formula is C20H23ClFN5OS. The van der Waals surface area contributed by atoms with Gasteiger partial charge < -0.3 is 14.7 Å². The van der Waals surface area contributed by atoms with Crippen molar-refractivity contribution in [3.63, 3.8) is 0 Å². The highest BCUT2D eigenvalue weighted by Crippen LogP contribution is 2.25. The van der Waals surface area contributed by atoms with Gasteiger partial charge in [-0.25, -0.2) is 14.4 Å². The Hall–Kier alpha value is -2.06. The Bertz CT molecular complexity index is 872. The summed E-state index contributed by atoms with van der Waals surface area (Å²) in [5.41, 5.74) is 0.593. The Morgan fingerprint density at radius 1 is 1.03 bits per heavy atom. The van der Waals surface area contributed by atoms with Crippen LogP contribution in [0.3, 0.4) is 0 Å². The van der Waals surface area contributed by atoms with Crippen LogP contribution >= 0.6 is 23.4 Å². The number of aromatic nitrogens is 2. The summed E-state index contributed by atoms with van der Waals surface area (Å²) in [7, 11) is 0. The van der Waals surface area contributed by atoms with Gasteiger partial charge in [0.15, 0.2) is 5.16 Å². The first-order valence-electron chi connectivity index (χ1n) is 9.80. The molecule has 2 aliphatic heterocycles. The Labute approximate surface area is 179 Å². The molecule has 2 aliphatic rings. The largest absolute Gasteiger partial charge is 0.366 e. The Morgan fingerprint density at radius 2 is 1.76 bits per heavy atom. The van der Waals surface area contributed by atoms with Crippen LogP contribution in [0.25, 0.3) is 0 Å². The number of thioether (sulfide) groups is 1. The number of para-hydroxylation sites is 1. The van der Waals surface area contributed by atoms with Gasteiger partial charge >= 0.3 is 0 Å². The predicted octanol–water partition coefficient (Wildman–Crippen LogP) is 3.31. The van der Waals surface area contributed by atoms with E-state index < -0.39 is 0 Å². The number of nitrogens with zero attached hydrogens (tertiary/aromatic N) is 5. The van der Waals surface area contributed by atoms with Gasteiger partial charge in [0.05, 0.1) is 11.4 Å². The van der Waals surface area contributed by atoms with Crippen LogP contribution in [0, 0.1) is 5.82 Å². The molecule has 0 unspecified atom stereocenters. The first kappa shape index (κ1) is 20.2. The number of carbonyl (C=O) groups excluding carboxylic acids is 1. The third kappa shape index (κ3) is 4.93. The lowest BCUT2D eigenvalue weighted by Gasteiger charge is -2.36. The number of benzene rings is 1. The fourth-order valence-corrected chi connectivity index (χ4v) is 4.66. The van der Waals surface area contributed by atoms with E-state index in [-0.39, 0.29) is 17.5 Å². The van der Waals surface area contributed by atoms with Crippen LogP contribution in [-0.2, 0) is 4.79 Å². The van der Waals surface area contributed by atoms with E-state index in [9.17, 15) is 9.18 Å². The molecule has 0 spiro atoms. The molecule has 1 aromatic carbocycles. The average Bonchev–Trinajstić information content (AvgIpc) is 3.27. The van der Waals surface area contributed by atoms with Crippen LogP contribution in [0.15, 0.2) is 35.5 Å². The van der Waals surface area contributed by atoms with E-state index in [1.165, 1.54) is 17.8 Å². The molecule has 0 saturated carbocycles. The standard InChI is InChI=1S/C20H23ClFN5OS/c21-17-13-18(26-7-3-4-8-26)24-20(23-17)29-14-19(28)27-11-9-25(10-12-27)16-6-2-1-5-15(16)22/h1-2,5-6,13H,3-4,7-12,14H2. The summed E-state index contributed by atoms with van der Waals surface area (Å²) in [4.78, 5) is 27.4. The van der Waals surface area contributed by atoms with Gasteiger partial charge in [-0.2, -0.15) is 0 Å². The zero-order chi connectivity index (χ0) is 20.2. The summed E-state index contributed by atoms with van der Waals surface area (Å²) in [6.45, 7) is 4.33. The number of amides is 1. The molecule has 154 valence electrons. The van der Waals surface area contributed by atoms with Gasteiger partial charge in [0.2, 0.25) is 5.91 Å². The lowest BCUT2D eigenvalue weighted by atomic mass is 10.2. The second-order valence-electron chi connectivity index (χ2n) is 7.13. The highest BCUT2D eigenvalue weighted by Gasteiger charge is 2.23. The van der Waals surface area contributed by atoms with Crippen molar-refractivity contribution in [2.45, 2.75) is 18.0 Å². The molecule has 1 amide bonds. The first-order valence-corrected chi connectivity index (χ1v) is 11.2. The SMILES string of the molecule is O=C(CSc1nc(Cl)cc(N2CCCC2)n1)N1CCN(c2ccccc2F)CC1. The molecular weight excluding hydrogens is 413 g/mol. The quantitative estimate of drug-likeness (QED) is 0.408. The van der Waals surface area contributed by atoms with E-state index in [1.54, 1.807) is 18.2 Å². The van der Waals surface area contributed by atoms with Gasteiger partial charge in [-0.15, -0.1) is 0 Å². The summed E-state index contributed by atoms with van der Waals surface area (Å²) in [5, 5.41) is 0.924. The predicted molar refractivity (Wildman–Crippen MR) is 114 cm³/mol. The van der Waals surface area contributed by atoms with Crippen molar-refractivity contribution in [2.75, 3.05) is 54.8 Å². The first-order chi connectivity index (χ1) is 14.1. The summed E-state index contributed by atoms with van der Waals surface area (Å²) < 4.78 is 14.0. The monoisotopic (exact) mass is 435 g/mol. The van der Waals surface area contributed by atoms with Gasteiger partial charge in [-0.3, -0.25) is 4.79 Å². The molecule has 29 heavy (non-hydrogen) atoms. The van der Waals surface area contributed by atoms with E-state index >= 15 is 0 Å². The molecule has 0 atom stereocenters. The van der Waals surface area contributed by atoms with Crippen LogP contribution in [0.4, 0.5) is 15.9 Å². The summed E-state index contributed by atoms with van der Waals surface area (Å²) in [6.07, 6.45) is 2.31. The minimum absolute atomic E-state index is 0.0366. The molecule has 0 N–H and O–H groups in total. The molecule has 2 fully saturated rings. The number of rotatable bonds is 5. The van der Waals surface area contributed by atoms with Crippen molar-refractivity contribution in [1.29, 1.82) is 0 Å². The molecule has 2 aromatic rings. The highest BCUT2D eigenvalue weighted by molar-refractivity contribution is 7.99. The van der Waals surface area contributed by atoms with Crippen molar-refractivity contribution < 1.29 is 9.18 Å². The fourth-order valence-electron chi connectivity index (χ4n) is 3.68. The van der Waals surface area contributed by atoms with Crippen LogP contribution in [0.2, 0.25) is 5.15 Å². The topological polar surface area (TPSA) is 52.6 Å². The average molecular weight is 436 g/mol. The number of anilines is 2. The normalized spacial score (nSPS) is 17.1. The molecule has 1 aromatic heterocycles. The maximum Gasteiger partial charge on any atom is 0.233 e. The lowest BCUT2D eigenvalue weighted by Crippen LogP contribution is -2.49. The van der Waals surface area contributed by atoms with E-state index in [1.807, 2.05) is 15.9 Å². The molecule has 9 heteroatoms. The molecule has 6 nitrogen and oxygen atoms in total. The minimum atomic E-state index is -0.227. The van der Waals surface area contributed by atoms with Crippen molar-refractivity contribution in [1.82, 2.24) is 14.9 Å². The summed E-state index contributed by atoms with van der Waals surface area (Å²) >= 11 is 7.47. The summed E-state index contributed by atoms with van der Waals surface area (Å²) in [5.74, 6) is 0.902. The molecule has 0 bridgehead atoms. The van der Waals surface area contributed by atoms with Gasteiger partial charge in [0, 0.05) is 45.3 Å². The van der Waals surface area contributed by atoms with E-state index in [2.05, 4.69) is 14.9 Å². The maximum atomic E-state index is 14.0. The highest BCUT2D eigenvalue weighted by atomic mass is 35.5. The molecule has 3 heterocycles. The van der Waals surface area contributed by atoms with Crippen molar-refractivity contribution >= 4 is 40.8 Å². The second kappa shape index (κ2) is 9.17.